The molecule has 0 unspecified atom stereocenters. The molecule has 134 valence electrons. The van der Waals surface area contributed by atoms with Gasteiger partial charge in [-0.1, -0.05) is 24.3 Å². The number of hydrogen-bond donors (Lipinski definition) is 3. The largest absolute Gasteiger partial charge is 0.356 e. The van der Waals surface area contributed by atoms with Crippen molar-refractivity contribution in [2.24, 2.45) is 0 Å². The minimum absolute atomic E-state index is 0.158. The minimum atomic E-state index is -0.944. The highest BCUT2D eigenvalue weighted by molar-refractivity contribution is 6.10. The summed E-state index contributed by atoms with van der Waals surface area (Å²) in [4.78, 5) is 36.5. The molecule has 3 N–H and O–H groups in total. The third-order valence-electron chi connectivity index (χ3n) is 4.09. The van der Waals surface area contributed by atoms with Gasteiger partial charge in [-0.25, -0.2) is 4.39 Å². The molecule has 7 heteroatoms. The number of carbonyl (C=O) groups excluding carboxylic acids is 3. The van der Waals surface area contributed by atoms with E-state index in [0.717, 1.165) is 5.56 Å². The normalized spacial score (nSPS) is 16.1. The van der Waals surface area contributed by atoms with E-state index in [9.17, 15) is 18.8 Å². The lowest BCUT2D eigenvalue weighted by molar-refractivity contribution is -0.125. The van der Waals surface area contributed by atoms with Gasteiger partial charge in [-0.15, -0.1) is 0 Å². The van der Waals surface area contributed by atoms with Crippen LogP contribution in [0, 0.1) is 5.82 Å². The third-order valence-corrected chi connectivity index (χ3v) is 4.09. The van der Waals surface area contributed by atoms with Crippen molar-refractivity contribution in [2.75, 3.05) is 11.9 Å². The van der Waals surface area contributed by atoms with E-state index in [-0.39, 0.29) is 18.1 Å². The van der Waals surface area contributed by atoms with Gasteiger partial charge in [0.2, 0.25) is 11.8 Å². The number of rotatable bonds is 5. The fraction of sp³-hybridized carbons (Fsp3) is 0.211. The van der Waals surface area contributed by atoms with E-state index in [2.05, 4.69) is 16.0 Å². The Kier molecular flexibility index (Phi) is 5.26. The Morgan fingerprint density at radius 3 is 2.58 bits per heavy atom. The molecule has 3 rings (SSSR count). The van der Waals surface area contributed by atoms with Crippen molar-refractivity contribution in [2.45, 2.75) is 18.9 Å². The highest BCUT2D eigenvalue weighted by Crippen LogP contribution is 2.18. The molecular weight excluding hydrogens is 337 g/mol. The van der Waals surface area contributed by atoms with Crippen LogP contribution < -0.4 is 16.0 Å². The summed E-state index contributed by atoms with van der Waals surface area (Å²) in [6, 6.07) is 11.7. The van der Waals surface area contributed by atoms with Crippen LogP contribution in [0.4, 0.5) is 10.1 Å². The Balaban J connectivity index is 1.53. The first-order chi connectivity index (χ1) is 12.5. The first-order valence-corrected chi connectivity index (χ1v) is 8.25. The number of fused-ring (bicyclic) bond motifs is 1. The average Bonchev–Trinajstić information content (AvgIpc) is 2.74. The summed E-state index contributed by atoms with van der Waals surface area (Å²) >= 11 is 0. The summed E-state index contributed by atoms with van der Waals surface area (Å²) in [5, 5.41) is 7.94. The third kappa shape index (κ3) is 4.24. The van der Waals surface area contributed by atoms with Gasteiger partial charge in [0.05, 0.1) is 17.7 Å². The van der Waals surface area contributed by atoms with Gasteiger partial charge in [0.1, 0.15) is 11.9 Å². The maximum absolute atomic E-state index is 12.9. The molecule has 0 bridgehead atoms. The van der Waals surface area contributed by atoms with E-state index >= 15 is 0 Å². The van der Waals surface area contributed by atoms with E-state index in [1.54, 1.807) is 36.4 Å². The Bertz CT molecular complexity index is 836. The summed E-state index contributed by atoms with van der Waals surface area (Å²) in [6.07, 6.45) is 0.385. The van der Waals surface area contributed by atoms with Crippen molar-refractivity contribution in [1.29, 1.82) is 0 Å². The van der Waals surface area contributed by atoms with E-state index in [4.69, 9.17) is 0 Å². The number of halogens is 1. The smallest absolute Gasteiger partial charge is 0.254 e. The molecule has 0 spiro atoms. The van der Waals surface area contributed by atoms with Crippen molar-refractivity contribution in [3.05, 3.63) is 65.5 Å². The van der Waals surface area contributed by atoms with Gasteiger partial charge in [0.15, 0.2) is 0 Å². The van der Waals surface area contributed by atoms with Crippen LogP contribution in [0.1, 0.15) is 22.3 Å². The van der Waals surface area contributed by atoms with E-state index in [0.29, 0.717) is 24.2 Å². The van der Waals surface area contributed by atoms with Crippen LogP contribution in [0.5, 0.6) is 0 Å². The van der Waals surface area contributed by atoms with Crippen molar-refractivity contribution in [3.63, 3.8) is 0 Å². The van der Waals surface area contributed by atoms with Crippen LogP contribution in [-0.2, 0) is 16.0 Å². The lowest BCUT2D eigenvalue weighted by atomic mass is 10.1. The van der Waals surface area contributed by atoms with Gasteiger partial charge in [0.25, 0.3) is 5.91 Å². The van der Waals surface area contributed by atoms with Crippen LogP contribution in [0.3, 0.4) is 0 Å². The zero-order chi connectivity index (χ0) is 18.5. The zero-order valence-corrected chi connectivity index (χ0v) is 13.9. The van der Waals surface area contributed by atoms with E-state index in [1.807, 2.05) is 0 Å². The number of para-hydroxylation sites is 1. The van der Waals surface area contributed by atoms with Gasteiger partial charge in [0, 0.05) is 6.54 Å². The zero-order valence-electron chi connectivity index (χ0n) is 13.9. The quantitative estimate of drug-likeness (QED) is 0.762. The summed E-state index contributed by atoms with van der Waals surface area (Å²) in [7, 11) is 0. The molecule has 1 heterocycles. The molecular formula is C19H18FN3O3. The summed E-state index contributed by atoms with van der Waals surface area (Å²) < 4.78 is 12.9. The number of carbonyl (C=O) groups is 3. The van der Waals surface area contributed by atoms with Gasteiger partial charge in [-0.05, 0) is 36.2 Å². The first-order valence-electron chi connectivity index (χ1n) is 8.25. The molecule has 3 amide bonds. The standard InChI is InChI=1S/C19H18FN3O3/c20-13-7-5-12(6-8-13)9-10-21-17(24)11-16-19(26)22-15-4-2-1-3-14(15)18(25)23-16/h1-8,16H,9-11H2,(H,21,24)(H,22,26)(H,23,25)/t16-/m1/s1. The number of amides is 3. The Morgan fingerprint density at radius 2 is 1.81 bits per heavy atom. The van der Waals surface area contributed by atoms with Gasteiger partial charge in [-0.2, -0.15) is 0 Å². The van der Waals surface area contributed by atoms with Crippen molar-refractivity contribution >= 4 is 23.4 Å². The second-order valence-electron chi connectivity index (χ2n) is 5.99. The van der Waals surface area contributed by atoms with E-state index < -0.39 is 17.9 Å². The molecule has 2 aromatic rings. The van der Waals surface area contributed by atoms with Gasteiger partial charge >= 0.3 is 0 Å². The fourth-order valence-electron chi connectivity index (χ4n) is 2.71. The summed E-state index contributed by atoms with van der Waals surface area (Å²) in [6.45, 7) is 0.354. The monoisotopic (exact) mass is 355 g/mol. The second-order valence-corrected chi connectivity index (χ2v) is 5.99. The first kappa shape index (κ1) is 17.6. The maximum atomic E-state index is 12.9. The number of nitrogens with one attached hydrogen (secondary N) is 3. The molecule has 0 saturated carbocycles. The molecule has 0 aromatic heterocycles. The van der Waals surface area contributed by atoms with Crippen LogP contribution in [0.25, 0.3) is 0 Å². The number of anilines is 1. The minimum Gasteiger partial charge on any atom is -0.356 e. The summed E-state index contributed by atoms with van der Waals surface area (Å²) in [5.74, 6) is -1.49. The van der Waals surface area contributed by atoms with Gasteiger partial charge < -0.3 is 16.0 Å². The fourth-order valence-corrected chi connectivity index (χ4v) is 2.71. The molecule has 2 aromatic carbocycles. The lowest BCUT2D eigenvalue weighted by Gasteiger charge is -2.14. The van der Waals surface area contributed by atoms with Crippen LogP contribution in [-0.4, -0.2) is 30.3 Å². The molecule has 1 aliphatic heterocycles. The number of benzene rings is 2. The topological polar surface area (TPSA) is 87.3 Å². The van der Waals surface area contributed by atoms with Crippen LogP contribution in [0.2, 0.25) is 0 Å². The van der Waals surface area contributed by atoms with Crippen molar-refractivity contribution in [1.82, 2.24) is 10.6 Å². The van der Waals surface area contributed by atoms with Crippen LogP contribution in [0.15, 0.2) is 48.5 Å². The molecule has 0 saturated heterocycles. The van der Waals surface area contributed by atoms with Gasteiger partial charge in [-0.3, -0.25) is 14.4 Å². The highest BCUT2D eigenvalue weighted by atomic mass is 19.1. The number of hydrogen-bond acceptors (Lipinski definition) is 3. The molecule has 6 nitrogen and oxygen atoms in total. The molecule has 0 aliphatic carbocycles. The lowest BCUT2D eigenvalue weighted by Crippen LogP contribution is -2.44. The van der Waals surface area contributed by atoms with E-state index in [1.165, 1.54) is 12.1 Å². The highest BCUT2D eigenvalue weighted by Gasteiger charge is 2.29. The molecule has 0 radical (unpaired) electrons. The van der Waals surface area contributed by atoms with Crippen molar-refractivity contribution in [3.8, 4) is 0 Å². The predicted molar refractivity (Wildman–Crippen MR) is 94.1 cm³/mol. The Hall–Kier alpha value is -3.22. The Morgan fingerprint density at radius 1 is 1.08 bits per heavy atom. The molecule has 0 fully saturated rings. The molecule has 26 heavy (non-hydrogen) atoms. The second kappa shape index (κ2) is 7.77. The predicted octanol–water partition coefficient (Wildman–Crippen LogP) is 1.63. The summed E-state index contributed by atoms with van der Waals surface area (Å²) in [5.41, 5.74) is 1.68. The maximum Gasteiger partial charge on any atom is 0.254 e. The SMILES string of the molecule is O=C(C[C@H]1NC(=O)c2ccccc2NC1=O)NCCc1ccc(F)cc1. The van der Waals surface area contributed by atoms with Crippen molar-refractivity contribution < 1.29 is 18.8 Å². The van der Waals surface area contributed by atoms with Crippen LogP contribution >= 0.6 is 0 Å². The Labute approximate surface area is 149 Å². The molecule has 1 atom stereocenters. The molecule has 1 aliphatic rings. The average molecular weight is 355 g/mol.